The predicted octanol–water partition coefficient (Wildman–Crippen LogP) is 3.72. The minimum Gasteiger partial charge on any atom is -0.478 e. The van der Waals surface area contributed by atoms with Crippen LogP contribution < -0.4 is 11.2 Å². The van der Waals surface area contributed by atoms with Crippen LogP contribution >= 0.6 is 0 Å². The number of fused-ring (bicyclic) bond motifs is 2. The smallest absolute Gasteiger partial charge is 0.339 e. The van der Waals surface area contributed by atoms with Crippen molar-refractivity contribution in [3.05, 3.63) is 51.4 Å². The van der Waals surface area contributed by atoms with Gasteiger partial charge in [0.05, 0.1) is 10.8 Å². The van der Waals surface area contributed by atoms with Gasteiger partial charge >= 0.3 is 5.97 Å². The number of nitrogen functional groups attached to an aromatic ring is 1. The highest BCUT2D eigenvalue weighted by molar-refractivity contribution is 5.98. The van der Waals surface area contributed by atoms with Crippen LogP contribution in [-0.2, 0) is 0 Å². The molecule has 0 saturated heterocycles. The molecule has 0 saturated carbocycles. The number of nitrogens with zero attached hydrogens (tertiary/aromatic N) is 1. The number of pyridine rings is 1. The summed E-state index contributed by atoms with van der Waals surface area (Å²) in [6.07, 6.45) is 5.66. The van der Waals surface area contributed by atoms with E-state index in [1.54, 1.807) is 0 Å². The minimum atomic E-state index is -1.29. The van der Waals surface area contributed by atoms with Crippen LogP contribution in [0.2, 0.25) is 0 Å². The Morgan fingerprint density at radius 3 is 2.73 bits per heavy atom. The highest BCUT2D eigenvalue weighted by Crippen LogP contribution is 2.31. The van der Waals surface area contributed by atoms with E-state index in [-0.39, 0.29) is 33.5 Å². The molecule has 0 radical (unpaired) electrons. The first-order valence-corrected chi connectivity index (χ1v) is 8.25. The van der Waals surface area contributed by atoms with E-state index in [2.05, 4.69) is 4.98 Å². The molecule has 26 heavy (non-hydrogen) atoms. The second-order valence-electron chi connectivity index (χ2n) is 6.31. The fourth-order valence-corrected chi connectivity index (χ4v) is 3.32. The first-order valence-electron chi connectivity index (χ1n) is 8.25. The lowest BCUT2D eigenvalue weighted by molar-refractivity contribution is 0.0698. The standard InChI is InChI=1S/C19H15FN2O4/c20-14-8-15-11(6-10(14)9-4-2-1-3-5-9)16(23)12-7-13(19(24)25)17(21)22-18(12)26-15/h4,6-8H,1-3,5H2,(H2,21,22)(H,24,25). The molecular weight excluding hydrogens is 339 g/mol. The summed E-state index contributed by atoms with van der Waals surface area (Å²) >= 11 is 0. The van der Waals surface area contributed by atoms with E-state index < -0.39 is 17.2 Å². The van der Waals surface area contributed by atoms with E-state index in [9.17, 15) is 19.1 Å². The fraction of sp³-hybridized carbons (Fsp3) is 0.211. The molecule has 0 spiro atoms. The highest BCUT2D eigenvalue weighted by Gasteiger charge is 2.19. The summed E-state index contributed by atoms with van der Waals surface area (Å²) in [6, 6.07) is 3.79. The summed E-state index contributed by atoms with van der Waals surface area (Å²) in [5.74, 6) is -2.02. The van der Waals surface area contributed by atoms with Gasteiger partial charge in [0.2, 0.25) is 11.1 Å². The number of aromatic nitrogens is 1. The predicted molar refractivity (Wildman–Crippen MR) is 95.6 cm³/mol. The molecule has 0 bridgehead atoms. The Morgan fingerprint density at radius 2 is 2.04 bits per heavy atom. The van der Waals surface area contributed by atoms with Gasteiger partial charge in [-0.1, -0.05) is 6.08 Å². The lowest BCUT2D eigenvalue weighted by atomic mass is 9.92. The first-order chi connectivity index (χ1) is 12.5. The molecule has 1 aliphatic carbocycles. The molecule has 0 amide bonds. The average Bonchev–Trinajstić information content (AvgIpc) is 2.61. The molecule has 0 fully saturated rings. The van der Waals surface area contributed by atoms with E-state index in [4.69, 9.17) is 10.2 Å². The Hall–Kier alpha value is -3.22. The quantitative estimate of drug-likeness (QED) is 0.679. The van der Waals surface area contributed by atoms with Crippen LogP contribution in [0.3, 0.4) is 0 Å². The van der Waals surface area contributed by atoms with Gasteiger partial charge in [0.15, 0.2) is 0 Å². The number of carboxylic acid groups (broad SMARTS) is 1. The maximum Gasteiger partial charge on any atom is 0.339 e. The van der Waals surface area contributed by atoms with E-state index in [1.165, 1.54) is 12.1 Å². The molecular formula is C19H15FN2O4. The first kappa shape index (κ1) is 16.3. The Kier molecular flexibility index (Phi) is 3.72. The molecule has 3 N–H and O–H groups in total. The van der Waals surface area contributed by atoms with Crippen molar-refractivity contribution in [1.82, 2.24) is 4.98 Å². The van der Waals surface area contributed by atoms with Gasteiger partial charge in [-0.25, -0.2) is 9.18 Å². The number of anilines is 1. The molecule has 6 nitrogen and oxygen atoms in total. The summed E-state index contributed by atoms with van der Waals surface area (Å²) in [6.45, 7) is 0. The summed E-state index contributed by atoms with van der Waals surface area (Å²) in [4.78, 5) is 27.9. The average molecular weight is 354 g/mol. The summed E-state index contributed by atoms with van der Waals surface area (Å²) in [5.41, 5.74) is 6.04. The van der Waals surface area contributed by atoms with Gasteiger partial charge in [-0.05, 0) is 43.4 Å². The molecule has 4 rings (SSSR count). The normalized spacial score (nSPS) is 14.6. The Morgan fingerprint density at radius 1 is 1.23 bits per heavy atom. The number of carboxylic acids is 1. The third-order valence-corrected chi connectivity index (χ3v) is 4.65. The Labute approximate surface area is 146 Å². The van der Waals surface area contributed by atoms with Crippen LogP contribution in [0.15, 0.2) is 33.5 Å². The van der Waals surface area contributed by atoms with Crippen molar-refractivity contribution in [1.29, 1.82) is 0 Å². The van der Waals surface area contributed by atoms with Crippen LogP contribution in [-0.4, -0.2) is 16.1 Å². The van der Waals surface area contributed by atoms with Crippen molar-refractivity contribution in [2.24, 2.45) is 0 Å². The topological polar surface area (TPSA) is 106 Å². The number of carbonyl (C=O) groups is 1. The monoisotopic (exact) mass is 354 g/mol. The van der Waals surface area contributed by atoms with E-state index in [0.29, 0.717) is 5.56 Å². The molecule has 0 atom stereocenters. The van der Waals surface area contributed by atoms with Gasteiger partial charge in [-0.15, -0.1) is 0 Å². The van der Waals surface area contributed by atoms with Crippen molar-refractivity contribution >= 4 is 39.4 Å². The Bertz CT molecular complexity index is 1160. The molecule has 7 heteroatoms. The fourth-order valence-electron chi connectivity index (χ4n) is 3.32. The van der Waals surface area contributed by atoms with Crippen LogP contribution in [0.4, 0.5) is 10.2 Å². The zero-order valence-corrected chi connectivity index (χ0v) is 13.7. The van der Waals surface area contributed by atoms with Gasteiger partial charge in [-0.3, -0.25) is 4.79 Å². The molecule has 3 aromatic rings. The van der Waals surface area contributed by atoms with Crippen molar-refractivity contribution in [3.8, 4) is 0 Å². The second kappa shape index (κ2) is 5.94. The van der Waals surface area contributed by atoms with Crippen molar-refractivity contribution in [2.45, 2.75) is 25.7 Å². The van der Waals surface area contributed by atoms with E-state index in [0.717, 1.165) is 37.3 Å². The maximum atomic E-state index is 14.6. The van der Waals surface area contributed by atoms with Gasteiger partial charge < -0.3 is 15.3 Å². The zero-order chi connectivity index (χ0) is 18.4. The summed E-state index contributed by atoms with van der Waals surface area (Å²) in [7, 11) is 0. The molecule has 0 aliphatic heterocycles. The van der Waals surface area contributed by atoms with Crippen molar-refractivity contribution in [2.75, 3.05) is 5.73 Å². The van der Waals surface area contributed by atoms with Crippen LogP contribution in [0, 0.1) is 5.82 Å². The largest absolute Gasteiger partial charge is 0.478 e. The number of rotatable bonds is 2. The number of nitrogens with two attached hydrogens (primary N) is 1. The lowest BCUT2D eigenvalue weighted by Crippen LogP contribution is -2.10. The third-order valence-electron chi connectivity index (χ3n) is 4.65. The number of halogens is 1. The maximum absolute atomic E-state index is 14.6. The van der Waals surface area contributed by atoms with Crippen LogP contribution in [0.25, 0.3) is 27.6 Å². The molecule has 2 heterocycles. The number of allylic oxidation sites excluding steroid dienone is 2. The number of aromatic carboxylic acids is 1. The van der Waals surface area contributed by atoms with Gasteiger partial charge in [0, 0.05) is 11.6 Å². The molecule has 1 aromatic carbocycles. The summed E-state index contributed by atoms with van der Waals surface area (Å²) < 4.78 is 20.1. The lowest BCUT2D eigenvalue weighted by Gasteiger charge is -2.14. The highest BCUT2D eigenvalue weighted by atomic mass is 19.1. The van der Waals surface area contributed by atoms with Gasteiger partial charge in [-0.2, -0.15) is 4.98 Å². The summed E-state index contributed by atoms with van der Waals surface area (Å²) in [5, 5.41) is 9.35. The zero-order valence-electron chi connectivity index (χ0n) is 13.7. The number of benzene rings is 1. The van der Waals surface area contributed by atoms with Gasteiger partial charge in [0.25, 0.3) is 0 Å². The molecule has 1 aliphatic rings. The van der Waals surface area contributed by atoms with Crippen molar-refractivity contribution in [3.63, 3.8) is 0 Å². The molecule has 0 unspecified atom stereocenters. The van der Waals surface area contributed by atoms with E-state index >= 15 is 0 Å². The Balaban J connectivity index is 2.03. The van der Waals surface area contributed by atoms with Crippen LogP contribution in [0.1, 0.15) is 41.6 Å². The number of hydrogen-bond acceptors (Lipinski definition) is 5. The van der Waals surface area contributed by atoms with Crippen LogP contribution in [0.5, 0.6) is 0 Å². The molecule has 2 aromatic heterocycles. The SMILES string of the molecule is Nc1nc2oc3cc(F)c(C4=CCCCC4)cc3c(=O)c2cc1C(=O)O. The van der Waals surface area contributed by atoms with Crippen molar-refractivity contribution < 1.29 is 18.7 Å². The number of hydrogen-bond donors (Lipinski definition) is 2. The third kappa shape index (κ3) is 2.52. The minimum absolute atomic E-state index is 0.000665. The van der Waals surface area contributed by atoms with Gasteiger partial charge in [0.1, 0.15) is 22.8 Å². The van der Waals surface area contributed by atoms with E-state index in [1.807, 2.05) is 6.08 Å². The molecule has 132 valence electrons. The second-order valence-corrected chi connectivity index (χ2v) is 6.31.